The van der Waals surface area contributed by atoms with Crippen LogP contribution < -0.4 is 0 Å². The summed E-state index contributed by atoms with van der Waals surface area (Å²) in [6.45, 7) is 7.38. The molecule has 1 N–H and O–H groups in total. The van der Waals surface area contributed by atoms with E-state index in [2.05, 4.69) is 39.6 Å². The maximum absolute atomic E-state index is 14.4. The average molecular weight is 621 g/mol. The van der Waals surface area contributed by atoms with Gasteiger partial charge in [0.15, 0.2) is 0 Å². The van der Waals surface area contributed by atoms with E-state index in [4.69, 9.17) is 16.7 Å². The zero-order valence-electron chi connectivity index (χ0n) is 25.9. The molecule has 1 aromatic heterocycles. The third kappa shape index (κ3) is 7.21. The van der Waals surface area contributed by atoms with Gasteiger partial charge in [0, 0.05) is 55.2 Å². The normalized spacial score (nSPS) is 23.2. The van der Waals surface area contributed by atoms with Crippen LogP contribution in [0.15, 0.2) is 54.6 Å². The van der Waals surface area contributed by atoms with Crippen molar-refractivity contribution in [1.82, 2.24) is 19.6 Å². The van der Waals surface area contributed by atoms with Crippen LogP contribution in [0.1, 0.15) is 86.2 Å². The van der Waals surface area contributed by atoms with Crippen LogP contribution >= 0.6 is 11.6 Å². The minimum absolute atomic E-state index is 0.130. The van der Waals surface area contributed by atoms with Crippen LogP contribution in [0, 0.1) is 17.7 Å². The van der Waals surface area contributed by atoms with Gasteiger partial charge in [-0.1, -0.05) is 55.1 Å². The topological polar surface area (TPSA) is 61.6 Å². The summed E-state index contributed by atoms with van der Waals surface area (Å²) in [5, 5.41) is 16.0. The summed E-state index contributed by atoms with van der Waals surface area (Å²) in [5.41, 5.74) is 4.64. The van der Waals surface area contributed by atoms with Crippen molar-refractivity contribution in [2.24, 2.45) is 11.8 Å². The first-order chi connectivity index (χ1) is 21.4. The SMILES string of the molecule is CCn1nc(Cc2ccc(Cl)cc2)cc1C1CCN(C[C@H]2CN([C@@H](C(=O)O)C3CCCCC3)C[C@@H]2c2cccc(F)c2)CC1. The molecule has 2 saturated heterocycles. The lowest BCUT2D eigenvalue weighted by Gasteiger charge is -2.35. The minimum Gasteiger partial charge on any atom is -0.480 e. The lowest BCUT2D eigenvalue weighted by Crippen LogP contribution is -2.46. The molecule has 3 aromatic rings. The first-order valence-electron chi connectivity index (χ1n) is 16.6. The number of rotatable bonds is 10. The minimum atomic E-state index is -0.695. The number of benzene rings is 2. The number of aromatic nitrogens is 2. The lowest BCUT2D eigenvalue weighted by atomic mass is 9.83. The number of carbonyl (C=O) groups is 1. The van der Waals surface area contributed by atoms with Crippen LogP contribution in [0.3, 0.4) is 0 Å². The van der Waals surface area contributed by atoms with Crippen LogP contribution in [-0.4, -0.2) is 69.4 Å². The van der Waals surface area contributed by atoms with E-state index in [9.17, 15) is 14.3 Å². The number of hydrogen-bond donors (Lipinski definition) is 1. The van der Waals surface area contributed by atoms with Crippen molar-refractivity contribution in [3.63, 3.8) is 0 Å². The summed E-state index contributed by atoms with van der Waals surface area (Å²) < 4.78 is 16.5. The second-order valence-electron chi connectivity index (χ2n) is 13.3. The summed E-state index contributed by atoms with van der Waals surface area (Å²) in [6.07, 6.45) is 8.38. The van der Waals surface area contributed by atoms with Crippen molar-refractivity contribution in [3.8, 4) is 0 Å². The average Bonchev–Trinajstić information content (AvgIpc) is 3.63. The zero-order chi connectivity index (χ0) is 30.6. The van der Waals surface area contributed by atoms with Crippen molar-refractivity contribution >= 4 is 17.6 Å². The fraction of sp³-hybridized carbons (Fsp3) is 0.556. The van der Waals surface area contributed by atoms with Crippen molar-refractivity contribution < 1.29 is 14.3 Å². The molecule has 3 aliphatic rings. The van der Waals surface area contributed by atoms with Gasteiger partial charge >= 0.3 is 5.97 Å². The highest BCUT2D eigenvalue weighted by Crippen LogP contribution is 2.39. The highest BCUT2D eigenvalue weighted by atomic mass is 35.5. The van der Waals surface area contributed by atoms with Crippen LogP contribution in [0.4, 0.5) is 4.39 Å². The van der Waals surface area contributed by atoms with Crippen molar-refractivity contribution in [1.29, 1.82) is 0 Å². The molecule has 0 bridgehead atoms. The van der Waals surface area contributed by atoms with Gasteiger partial charge in [-0.15, -0.1) is 0 Å². The Hall–Kier alpha value is -2.74. The number of aliphatic carboxylic acids is 1. The monoisotopic (exact) mass is 620 g/mol. The van der Waals surface area contributed by atoms with Gasteiger partial charge in [0.1, 0.15) is 11.9 Å². The first kappa shape index (κ1) is 31.3. The Morgan fingerprint density at radius 2 is 1.77 bits per heavy atom. The van der Waals surface area contributed by atoms with Gasteiger partial charge in [0.05, 0.1) is 5.69 Å². The summed E-state index contributed by atoms with van der Waals surface area (Å²) in [7, 11) is 0. The van der Waals surface area contributed by atoms with E-state index in [0.29, 0.717) is 12.5 Å². The van der Waals surface area contributed by atoms with Gasteiger partial charge in [0.2, 0.25) is 0 Å². The molecule has 3 atom stereocenters. The third-order valence-corrected chi connectivity index (χ3v) is 10.7. The van der Waals surface area contributed by atoms with E-state index in [-0.39, 0.29) is 23.6 Å². The number of piperidine rings is 1. The number of carboxylic acid groups (broad SMARTS) is 1. The lowest BCUT2D eigenvalue weighted by molar-refractivity contribution is -0.145. The van der Waals surface area contributed by atoms with Gasteiger partial charge in [-0.2, -0.15) is 5.10 Å². The first-order valence-corrected chi connectivity index (χ1v) is 17.0. The van der Waals surface area contributed by atoms with Gasteiger partial charge in [-0.05, 0) is 99.0 Å². The predicted molar refractivity (Wildman–Crippen MR) is 173 cm³/mol. The van der Waals surface area contributed by atoms with E-state index in [1.807, 2.05) is 18.2 Å². The smallest absolute Gasteiger partial charge is 0.321 e. The fourth-order valence-corrected chi connectivity index (χ4v) is 8.37. The molecular weight excluding hydrogens is 575 g/mol. The summed E-state index contributed by atoms with van der Waals surface area (Å²) >= 11 is 6.08. The molecule has 44 heavy (non-hydrogen) atoms. The maximum Gasteiger partial charge on any atom is 0.321 e. The largest absolute Gasteiger partial charge is 0.480 e. The Bertz CT molecular complexity index is 1400. The molecule has 1 saturated carbocycles. The Labute approximate surface area is 266 Å². The second kappa shape index (κ2) is 14.1. The van der Waals surface area contributed by atoms with E-state index in [0.717, 1.165) is 93.9 Å². The molecule has 236 valence electrons. The zero-order valence-corrected chi connectivity index (χ0v) is 26.6. The molecule has 8 heteroatoms. The highest BCUT2D eigenvalue weighted by molar-refractivity contribution is 6.30. The third-order valence-electron chi connectivity index (χ3n) is 10.4. The summed E-state index contributed by atoms with van der Waals surface area (Å²) in [5.74, 6) is 0.165. The van der Waals surface area contributed by atoms with Crippen molar-refractivity contribution in [3.05, 3.63) is 88.0 Å². The molecule has 0 spiro atoms. The van der Waals surface area contributed by atoms with Crippen LogP contribution in [0.25, 0.3) is 0 Å². The van der Waals surface area contributed by atoms with Gasteiger partial charge in [-0.25, -0.2) is 4.39 Å². The van der Waals surface area contributed by atoms with E-state index in [1.165, 1.54) is 23.7 Å². The van der Waals surface area contributed by atoms with Gasteiger partial charge in [-0.3, -0.25) is 14.4 Å². The molecule has 0 unspecified atom stereocenters. The summed E-state index contributed by atoms with van der Waals surface area (Å²) in [6, 6.07) is 16.8. The molecule has 2 aromatic carbocycles. The second-order valence-corrected chi connectivity index (χ2v) is 13.7. The molecular formula is C36H46ClFN4O2. The molecule has 1 aliphatic carbocycles. The Morgan fingerprint density at radius 3 is 2.45 bits per heavy atom. The quantitative estimate of drug-likeness (QED) is 0.259. The Morgan fingerprint density at radius 1 is 1.02 bits per heavy atom. The molecule has 6 nitrogen and oxygen atoms in total. The van der Waals surface area contributed by atoms with E-state index >= 15 is 0 Å². The van der Waals surface area contributed by atoms with Crippen molar-refractivity contribution in [2.45, 2.75) is 82.7 Å². The molecule has 0 radical (unpaired) electrons. The molecule has 3 heterocycles. The molecule has 6 rings (SSSR count). The number of halogens is 2. The molecule has 2 aliphatic heterocycles. The molecule has 0 amide bonds. The van der Waals surface area contributed by atoms with Gasteiger partial charge in [0.25, 0.3) is 0 Å². The van der Waals surface area contributed by atoms with E-state index in [1.54, 1.807) is 12.1 Å². The number of likely N-dealkylation sites (tertiary alicyclic amines) is 2. The van der Waals surface area contributed by atoms with E-state index < -0.39 is 12.0 Å². The summed E-state index contributed by atoms with van der Waals surface area (Å²) in [4.78, 5) is 17.4. The van der Waals surface area contributed by atoms with Crippen LogP contribution in [0.5, 0.6) is 0 Å². The Balaban J connectivity index is 1.13. The Kier molecular flexibility index (Phi) is 10.0. The van der Waals surface area contributed by atoms with Crippen LogP contribution in [-0.2, 0) is 17.8 Å². The van der Waals surface area contributed by atoms with Crippen molar-refractivity contribution in [2.75, 3.05) is 32.7 Å². The number of nitrogens with zero attached hydrogens (tertiary/aromatic N) is 4. The van der Waals surface area contributed by atoms with Crippen LogP contribution in [0.2, 0.25) is 5.02 Å². The van der Waals surface area contributed by atoms with Gasteiger partial charge < -0.3 is 10.0 Å². The molecule has 3 fully saturated rings. The fourth-order valence-electron chi connectivity index (χ4n) is 8.25. The predicted octanol–water partition coefficient (Wildman–Crippen LogP) is 7.21. The maximum atomic E-state index is 14.4. The number of aryl methyl sites for hydroxylation is 1. The highest BCUT2D eigenvalue weighted by Gasteiger charge is 2.43. The number of carboxylic acids is 1. The standard InChI is InChI=1S/C36H46ClFN4O2/c1-2-42-34(21-32(39-42)19-25-11-13-30(37)14-12-25)26-15-17-40(18-16-26)22-29-23-41(24-33(29)28-9-6-10-31(38)20-28)35(36(43)44)27-7-4-3-5-8-27/h6,9-14,20-21,26-27,29,33,35H,2-5,7-8,15-19,22-24H2,1H3,(H,43,44)/t29-,33+,35+/m0/s1. The number of hydrogen-bond acceptors (Lipinski definition) is 4.